The maximum Gasteiger partial charge on any atom is 0.446 e. The van der Waals surface area contributed by atoms with E-state index in [0.29, 0.717) is 12.0 Å². The highest BCUT2D eigenvalue weighted by Crippen LogP contribution is 1.99. The van der Waals surface area contributed by atoms with Crippen LogP contribution in [0.1, 0.15) is 10.4 Å². The van der Waals surface area contributed by atoms with Gasteiger partial charge in [0.05, 0.1) is 5.56 Å². The average Bonchev–Trinajstić information content (AvgIpc) is 2.15. The van der Waals surface area contributed by atoms with E-state index in [4.69, 9.17) is 5.53 Å². The Bertz CT molecular complexity index is 315. The van der Waals surface area contributed by atoms with Crippen LogP contribution in [0.2, 0.25) is 0 Å². The van der Waals surface area contributed by atoms with Gasteiger partial charge in [-0.1, -0.05) is 18.2 Å². The molecule has 0 aliphatic heterocycles. The van der Waals surface area contributed by atoms with E-state index < -0.39 is 5.97 Å². The van der Waals surface area contributed by atoms with Crippen LogP contribution in [-0.4, -0.2) is 17.2 Å². The van der Waals surface area contributed by atoms with Crippen molar-refractivity contribution in [2.45, 2.75) is 0 Å². The number of carbonyl (C=O) groups is 1. The van der Waals surface area contributed by atoms with Crippen LogP contribution < -0.4 is 0 Å². The highest BCUT2D eigenvalue weighted by molar-refractivity contribution is 5.92. The zero-order chi connectivity index (χ0) is 8.81. The number of rotatable bonds is 2. The maximum absolute atomic E-state index is 11.0. The Hall–Kier alpha value is -1.93. The molecule has 0 bridgehead atoms. The molecule has 0 radical (unpaired) electrons. The SMILES string of the molecule is [N-]=[N+]=COC(=O)c1ccccc1. The molecule has 0 saturated heterocycles. The van der Waals surface area contributed by atoms with E-state index in [-0.39, 0.29) is 0 Å². The van der Waals surface area contributed by atoms with E-state index >= 15 is 0 Å². The van der Waals surface area contributed by atoms with Gasteiger partial charge < -0.3 is 10.3 Å². The zero-order valence-electron chi connectivity index (χ0n) is 6.18. The molecule has 0 heterocycles. The smallest absolute Gasteiger partial charge is 0.360 e. The second-order valence-electron chi connectivity index (χ2n) is 1.99. The summed E-state index contributed by atoms with van der Waals surface area (Å²) in [5.41, 5.74) is 8.37. The fourth-order valence-corrected chi connectivity index (χ4v) is 0.714. The molecule has 1 aromatic carbocycles. The van der Waals surface area contributed by atoms with Crippen molar-refractivity contribution >= 4 is 12.4 Å². The van der Waals surface area contributed by atoms with E-state index in [1.54, 1.807) is 30.3 Å². The lowest BCUT2D eigenvalue weighted by Crippen LogP contribution is -2.02. The quantitative estimate of drug-likeness (QED) is 0.215. The van der Waals surface area contributed by atoms with Gasteiger partial charge in [0.25, 0.3) is 0 Å². The van der Waals surface area contributed by atoms with Crippen LogP contribution in [0.5, 0.6) is 0 Å². The lowest BCUT2D eigenvalue weighted by atomic mass is 10.2. The second-order valence-corrected chi connectivity index (χ2v) is 1.99. The van der Waals surface area contributed by atoms with Crippen molar-refractivity contribution in [3.63, 3.8) is 0 Å². The molecule has 0 aliphatic rings. The normalized spacial score (nSPS) is 8.33. The molecule has 12 heavy (non-hydrogen) atoms. The highest BCUT2D eigenvalue weighted by Gasteiger charge is 2.04. The summed E-state index contributed by atoms with van der Waals surface area (Å²) >= 11 is 0. The zero-order valence-corrected chi connectivity index (χ0v) is 6.18. The third kappa shape index (κ3) is 2.04. The molecular formula is C8H6N2O2. The molecule has 0 saturated carbocycles. The van der Waals surface area contributed by atoms with Gasteiger partial charge in [-0.2, -0.15) is 0 Å². The first-order valence-corrected chi connectivity index (χ1v) is 3.26. The fraction of sp³-hybridized carbons (Fsp3) is 0. The largest absolute Gasteiger partial charge is 0.446 e. The molecule has 0 unspecified atom stereocenters. The van der Waals surface area contributed by atoms with Gasteiger partial charge in [0.15, 0.2) is 0 Å². The monoisotopic (exact) mass is 162 g/mol. The summed E-state index contributed by atoms with van der Waals surface area (Å²) in [5, 5.41) is 0. The predicted molar refractivity (Wildman–Crippen MR) is 41.5 cm³/mol. The van der Waals surface area contributed by atoms with Crippen LogP contribution in [0.15, 0.2) is 30.3 Å². The Balaban J connectivity index is 2.72. The molecule has 4 nitrogen and oxygen atoms in total. The molecule has 4 heteroatoms. The van der Waals surface area contributed by atoms with E-state index in [9.17, 15) is 4.79 Å². The second kappa shape index (κ2) is 4.05. The number of nitrogens with zero attached hydrogens (tertiary/aromatic N) is 2. The van der Waals surface area contributed by atoms with Crippen molar-refractivity contribution in [3.05, 3.63) is 41.4 Å². The Morgan fingerprint density at radius 3 is 2.67 bits per heavy atom. The van der Waals surface area contributed by atoms with Crippen LogP contribution in [0.25, 0.3) is 5.53 Å². The van der Waals surface area contributed by atoms with E-state index in [1.807, 2.05) is 0 Å². The van der Waals surface area contributed by atoms with Crippen molar-refractivity contribution in [2.24, 2.45) is 0 Å². The summed E-state index contributed by atoms with van der Waals surface area (Å²) in [6, 6.07) is 8.43. The standard InChI is InChI=1S/C8H6N2O2/c9-10-6-12-8(11)7-4-2-1-3-5-7/h1-6H. The number of hydrogen-bond donors (Lipinski definition) is 0. The van der Waals surface area contributed by atoms with E-state index in [2.05, 4.69) is 9.53 Å². The Morgan fingerprint density at radius 1 is 1.42 bits per heavy atom. The van der Waals surface area contributed by atoms with Gasteiger partial charge in [-0.15, -0.1) is 4.79 Å². The van der Waals surface area contributed by atoms with Crippen molar-refractivity contribution < 1.29 is 14.3 Å². The molecule has 0 amide bonds. The average molecular weight is 162 g/mol. The lowest BCUT2D eigenvalue weighted by molar-refractivity contribution is -0.0230. The molecule has 1 aromatic rings. The summed E-state index contributed by atoms with van der Waals surface area (Å²) in [7, 11) is 0. The molecule has 0 atom stereocenters. The molecule has 0 aliphatic carbocycles. The molecule has 0 spiro atoms. The van der Waals surface area contributed by atoms with Gasteiger partial charge in [-0.3, -0.25) is 0 Å². The molecule has 0 N–H and O–H groups in total. The predicted octanol–water partition coefficient (Wildman–Crippen LogP) is 1.10. The van der Waals surface area contributed by atoms with E-state index in [1.165, 1.54) is 0 Å². The van der Waals surface area contributed by atoms with Crippen molar-refractivity contribution in [1.82, 2.24) is 0 Å². The van der Waals surface area contributed by atoms with Gasteiger partial charge >= 0.3 is 12.4 Å². The van der Waals surface area contributed by atoms with Gasteiger partial charge in [-0.05, 0) is 12.1 Å². The van der Waals surface area contributed by atoms with Crippen LogP contribution in [0, 0.1) is 0 Å². The third-order valence-electron chi connectivity index (χ3n) is 1.22. The molecule has 0 aromatic heterocycles. The van der Waals surface area contributed by atoms with Gasteiger partial charge in [0.1, 0.15) is 0 Å². The molecule has 0 fully saturated rings. The Labute approximate surface area is 69.0 Å². The molecular weight excluding hydrogens is 156 g/mol. The highest BCUT2D eigenvalue weighted by atomic mass is 16.5. The summed E-state index contributed by atoms with van der Waals surface area (Å²) < 4.78 is 4.40. The van der Waals surface area contributed by atoms with Crippen molar-refractivity contribution in [3.8, 4) is 0 Å². The summed E-state index contributed by atoms with van der Waals surface area (Å²) in [6.07, 6.45) is 0.676. The summed E-state index contributed by atoms with van der Waals surface area (Å²) in [4.78, 5) is 13.5. The third-order valence-corrected chi connectivity index (χ3v) is 1.22. The summed E-state index contributed by atoms with van der Waals surface area (Å²) in [5.74, 6) is -0.548. The van der Waals surface area contributed by atoms with Gasteiger partial charge in [0.2, 0.25) is 0 Å². The minimum atomic E-state index is -0.548. The van der Waals surface area contributed by atoms with Gasteiger partial charge in [0, 0.05) is 0 Å². The number of benzene rings is 1. The number of ether oxygens (including phenoxy) is 1. The first-order valence-electron chi connectivity index (χ1n) is 3.26. The van der Waals surface area contributed by atoms with Crippen LogP contribution >= 0.6 is 0 Å². The van der Waals surface area contributed by atoms with Crippen molar-refractivity contribution in [1.29, 1.82) is 0 Å². The first kappa shape index (κ1) is 8.17. The number of hydrogen-bond acceptors (Lipinski definition) is 2. The summed E-state index contributed by atoms with van der Waals surface area (Å²) in [6.45, 7) is 0. The van der Waals surface area contributed by atoms with Crippen molar-refractivity contribution in [2.75, 3.05) is 0 Å². The van der Waals surface area contributed by atoms with Crippen LogP contribution in [0.4, 0.5) is 0 Å². The minimum Gasteiger partial charge on any atom is -0.360 e. The Kier molecular flexibility index (Phi) is 2.76. The first-order chi connectivity index (χ1) is 5.84. The molecule has 1 rings (SSSR count). The number of carbonyl (C=O) groups excluding carboxylic acids is 1. The molecule has 60 valence electrons. The minimum absolute atomic E-state index is 0.414. The van der Waals surface area contributed by atoms with Crippen LogP contribution in [0.3, 0.4) is 0 Å². The fourth-order valence-electron chi connectivity index (χ4n) is 0.714. The lowest BCUT2D eigenvalue weighted by Gasteiger charge is -1.92. The van der Waals surface area contributed by atoms with Crippen LogP contribution in [-0.2, 0) is 4.74 Å². The Morgan fingerprint density at radius 2 is 2.08 bits per heavy atom. The maximum atomic E-state index is 11.0. The van der Waals surface area contributed by atoms with E-state index in [0.717, 1.165) is 0 Å². The number of esters is 1. The topological polar surface area (TPSA) is 62.7 Å². The van der Waals surface area contributed by atoms with Gasteiger partial charge in [-0.25, -0.2) is 4.79 Å².